The molecular weight excluding hydrogens is 328 g/mol. The molecule has 0 spiro atoms. The van der Waals surface area contributed by atoms with E-state index in [0.717, 1.165) is 12.5 Å². The minimum atomic E-state index is -0.0596. The Bertz CT molecular complexity index is 490. The third-order valence-electron chi connectivity index (χ3n) is 4.90. The predicted octanol–water partition coefficient (Wildman–Crippen LogP) is 5.47. The lowest BCUT2D eigenvalue weighted by Crippen LogP contribution is -2.44. The Morgan fingerprint density at radius 1 is 1.20 bits per heavy atom. The van der Waals surface area contributed by atoms with Gasteiger partial charge in [0.25, 0.3) is 0 Å². The molecule has 0 saturated carbocycles. The van der Waals surface area contributed by atoms with Crippen molar-refractivity contribution in [3.63, 3.8) is 0 Å². The maximum Gasteiger partial charge on any atom is 0.108 e. The summed E-state index contributed by atoms with van der Waals surface area (Å²) < 4.78 is 6.09. The molecule has 3 nitrogen and oxygen atoms in total. The van der Waals surface area contributed by atoms with Gasteiger partial charge in [-0.15, -0.1) is 11.8 Å². The van der Waals surface area contributed by atoms with Gasteiger partial charge in [-0.3, -0.25) is 4.90 Å². The summed E-state index contributed by atoms with van der Waals surface area (Å²) in [4.78, 5) is 3.81. The molecule has 1 N–H and O–H groups in total. The number of nitrogens with one attached hydrogen (secondary N) is 1. The zero-order chi connectivity index (χ0) is 18.3. The maximum absolute atomic E-state index is 6.09. The van der Waals surface area contributed by atoms with Crippen LogP contribution in [0.3, 0.4) is 0 Å². The Balaban J connectivity index is 1.60. The monoisotopic (exact) mass is 364 g/mol. The number of piperidine rings is 1. The molecule has 1 heterocycles. The highest BCUT2D eigenvalue weighted by atomic mass is 32.2. The molecule has 0 amide bonds. The highest BCUT2D eigenvalue weighted by Crippen LogP contribution is 2.25. The lowest BCUT2D eigenvalue weighted by molar-refractivity contribution is -0.130. The molecule has 25 heavy (non-hydrogen) atoms. The molecule has 2 rings (SSSR count). The predicted molar refractivity (Wildman–Crippen MR) is 111 cm³/mol. The summed E-state index contributed by atoms with van der Waals surface area (Å²) in [6.45, 7) is 12.0. The van der Waals surface area contributed by atoms with Crippen molar-refractivity contribution in [3.8, 4) is 0 Å². The number of benzene rings is 1. The summed E-state index contributed by atoms with van der Waals surface area (Å²) in [5.41, 5.74) is 1.18. The van der Waals surface area contributed by atoms with Crippen molar-refractivity contribution in [1.29, 1.82) is 0 Å². The van der Waals surface area contributed by atoms with Crippen LogP contribution in [0.15, 0.2) is 29.2 Å². The van der Waals surface area contributed by atoms with Crippen molar-refractivity contribution < 1.29 is 4.74 Å². The fourth-order valence-corrected chi connectivity index (χ4v) is 3.93. The average molecular weight is 365 g/mol. The summed E-state index contributed by atoms with van der Waals surface area (Å²) in [5, 5.41) is 3.55. The quantitative estimate of drug-likeness (QED) is 0.488. The third-order valence-corrected chi connectivity index (χ3v) is 5.64. The molecule has 1 unspecified atom stereocenters. The largest absolute Gasteiger partial charge is 0.385 e. The second-order valence-corrected chi connectivity index (χ2v) is 8.99. The molecule has 0 radical (unpaired) electrons. The molecule has 1 saturated heterocycles. The van der Waals surface area contributed by atoms with Crippen LogP contribution in [-0.2, 0) is 4.74 Å². The second-order valence-electron chi connectivity index (χ2n) is 8.11. The molecule has 1 aliphatic rings. The van der Waals surface area contributed by atoms with Crippen molar-refractivity contribution in [2.75, 3.05) is 31.2 Å². The van der Waals surface area contributed by atoms with Gasteiger partial charge in [0.15, 0.2) is 0 Å². The van der Waals surface area contributed by atoms with Gasteiger partial charge in [-0.2, -0.15) is 0 Å². The average Bonchev–Trinajstić information content (AvgIpc) is 2.58. The Morgan fingerprint density at radius 2 is 1.84 bits per heavy atom. The van der Waals surface area contributed by atoms with Gasteiger partial charge in [0.2, 0.25) is 0 Å². The van der Waals surface area contributed by atoms with Crippen LogP contribution >= 0.6 is 11.8 Å². The zero-order valence-electron chi connectivity index (χ0n) is 16.7. The number of rotatable bonds is 8. The molecule has 1 fully saturated rings. The van der Waals surface area contributed by atoms with Crippen LogP contribution in [0.4, 0.5) is 5.69 Å². The lowest BCUT2D eigenvalue weighted by Gasteiger charge is -2.38. The van der Waals surface area contributed by atoms with Crippen molar-refractivity contribution in [3.05, 3.63) is 24.3 Å². The van der Waals surface area contributed by atoms with Crippen molar-refractivity contribution in [1.82, 2.24) is 4.90 Å². The summed E-state index contributed by atoms with van der Waals surface area (Å²) in [6, 6.07) is 8.73. The van der Waals surface area contributed by atoms with Crippen LogP contribution in [0, 0.1) is 5.92 Å². The first kappa shape index (κ1) is 20.6. The van der Waals surface area contributed by atoms with E-state index in [9.17, 15) is 0 Å². The number of hydrogen-bond donors (Lipinski definition) is 1. The molecule has 0 bridgehead atoms. The van der Waals surface area contributed by atoms with Crippen LogP contribution in [-0.4, -0.2) is 42.6 Å². The molecule has 1 aliphatic heterocycles. The van der Waals surface area contributed by atoms with E-state index in [0.29, 0.717) is 0 Å². The summed E-state index contributed by atoms with van der Waals surface area (Å²) in [7, 11) is 0. The van der Waals surface area contributed by atoms with Crippen LogP contribution in [0.25, 0.3) is 0 Å². The van der Waals surface area contributed by atoms with Crippen LogP contribution in [0.1, 0.15) is 53.4 Å². The number of anilines is 1. The molecule has 1 aromatic carbocycles. The molecule has 0 aliphatic carbocycles. The minimum Gasteiger partial charge on any atom is -0.385 e. The van der Waals surface area contributed by atoms with E-state index in [4.69, 9.17) is 4.74 Å². The van der Waals surface area contributed by atoms with Crippen molar-refractivity contribution in [2.45, 2.75) is 70.1 Å². The molecule has 1 aromatic rings. The molecule has 0 aromatic heterocycles. The van der Waals surface area contributed by atoms with E-state index in [1.54, 1.807) is 11.8 Å². The van der Waals surface area contributed by atoms with E-state index in [1.807, 2.05) is 0 Å². The normalized spacial score (nSPS) is 18.3. The summed E-state index contributed by atoms with van der Waals surface area (Å²) in [5.74, 6) is 0.874. The van der Waals surface area contributed by atoms with E-state index in [1.165, 1.54) is 49.4 Å². The summed E-state index contributed by atoms with van der Waals surface area (Å²) >= 11 is 1.79. The van der Waals surface area contributed by atoms with Crippen molar-refractivity contribution >= 4 is 17.4 Å². The second kappa shape index (κ2) is 9.84. The van der Waals surface area contributed by atoms with Gasteiger partial charge in [-0.1, -0.05) is 0 Å². The standard InChI is InChI=1S/C21H36N2OS/c1-17(24-21(2,3)4)23-15-12-18(13-16-23)7-6-14-22-19-8-10-20(25-5)11-9-19/h8-11,17-18,22H,6-7,12-16H2,1-5H3. The number of nitrogens with zero attached hydrogens (tertiary/aromatic N) is 1. The van der Waals surface area contributed by atoms with E-state index < -0.39 is 0 Å². The van der Waals surface area contributed by atoms with Gasteiger partial charge in [0.05, 0.1) is 5.60 Å². The molecule has 1 atom stereocenters. The van der Waals surface area contributed by atoms with Gasteiger partial charge in [0.1, 0.15) is 6.23 Å². The zero-order valence-corrected chi connectivity index (χ0v) is 17.5. The highest BCUT2D eigenvalue weighted by molar-refractivity contribution is 7.98. The van der Waals surface area contributed by atoms with Gasteiger partial charge >= 0.3 is 0 Å². The number of hydrogen-bond acceptors (Lipinski definition) is 4. The topological polar surface area (TPSA) is 24.5 Å². The van der Waals surface area contributed by atoms with Crippen LogP contribution < -0.4 is 5.32 Å². The molecule has 4 heteroatoms. The fraction of sp³-hybridized carbons (Fsp3) is 0.714. The van der Waals surface area contributed by atoms with Crippen LogP contribution in [0.2, 0.25) is 0 Å². The first-order valence-corrected chi connectivity index (χ1v) is 10.9. The van der Waals surface area contributed by atoms with Gasteiger partial charge in [0, 0.05) is 30.2 Å². The Labute approximate surface area is 158 Å². The first-order chi connectivity index (χ1) is 11.9. The van der Waals surface area contributed by atoms with E-state index >= 15 is 0 Å². The lowest BCUT2D eigenvalue weighted by atomic mass is 9.92. The Kier molecular flexibility index (Phi) is 8.11. The smallest absolute Gasteiger partial charge is 0.108 e. The van der Waals surface area contributed by atoms with Gasteiger partial charge in [-0.05, 0) is 89.8 Å². The molecule has 142 valence electrons. The van der Waals surface area contributed by atoms with Crippen LogP contribution in [0.5, 0.6) is 0 Å². The molecular formula is C21H36N2OS. The SMILES string of the molecule is CSc1ccc(NCCCC2CCN(C(C)OC(C)(C)C)CC2)cc1. The van der Waals surface area contributed by atoms with E-state index in [-0.39, 0.29) is 11.8 Å². The van der Waals surface area contributed by atoms with E-state index in [2.05, 4.69) is 68.4 Å². The number of ether oxygens (including phenoxy) is 1. The number of thioether (sulfide) groups is 1. The fourth-order valence-electron chi connectivity index (χ4n) is 3.52. The summed E-state index contributed by atoms with van der Waals surface area (Å²) in [6.07, 6.45) is 7.54. The maximum atomic E-state index is 6.09. The van der Waals surface area contributed by atoms with Gasteiger partial charge in [-0.25, -0.2) is 0 Å². The third kappa shape index (κ3) is 7.59. The first-order valence-electron chi connectivity index (χ1n) is 9.67. The van der Waals surface area contributed by atoms with Gasteiger partial charge < -0.3 is 10.1 Å². The number of likely N-dealkylation sites (tertiary alicyclic amines) is 1. The Morgan fingerprint density at radius 3 is 2.40 bits per heavy atom. The minimum absolute atomic E-state index is 0.0596. The Hall–Kier alpha value is -0.710. The van der Waals surface area contributed by atoms with Crippen molar-refractivity contribution in [2.24, 2.45) is 5.92 Å². The highest BCUT2D eigenvalue weighted by Gasteiger charge is 2.25.